The maximum Gasteiger partial charge on any atom is 0.335 e. The van der Waals surface area contributed by atoms with Gasteiger partial charge in [0.15, 0.2) is 0 Å². The molecule has 2 heterocycles. The molecule has 14 nitrogen and oxygen atoms in total. The number of hydrogen-bond donors (Lipinski definition) is 3. The molecule has 39 heavy (non-hydrogen) atoms. The molecule has 3 N–H and O–H groups in total. The third kappa shape index (κ3) is 14.2. The smallest absolute Gasteiger partial charge is 0.335 e. The van der Waals surface area contributed by atoms with Crippen LogP contribution in [0.1, 0.15) is 58.3 Å². The summed E-state index contributed by atoms with van der Waals surface area (Å²) in [6.07, 6.45) is 4.16. The zero-order valence-corrected chi connectivity index (χ0v) is 22.7. The van der Waals surface area contributed by atoms with E-state index < -0.39 is 17.8 Å². The molecule has 2 aliphatic rings. The lowest BCUT2D eigenvalue weighted by molar-refractivity contribution is -0.198. The van der Waals surface area contributed by atoms with Crippen LogP contribution in [0.4, 0.5) is 4.79 Å². The fraction of sp³-hybridized carbons (Fsp3) is 0.800. The van der Waals surface area contributed by atoms with Crippen molar-refractivity contribution in [3.63, 3.8) is 0 Å². The van der Waals surface area contributed by atoms with Crippen LogP contribution in [0.15, 0.2) is 0 Å². The topological polar surface area (TPSA) is 171 Å². The van der Waals surface area contributed by atoms with Gasteiger partial charge in [-0.25, -0.2) is 9.59 Å². The van der Waals surface area contributed by atoms with Crippen LogP contribution in [0.5, 0.6) is 0 Å². The standard InChI is InChI=1S/C25H42N4O10/c1-19-20(28-25(34)27-19)5-3-2-4-6-21(30)26-10-12-36-14-16-38-18-17-37-15-13-35-11-9-24(33)39-29-22(31)7-8-23(29)32/h19-20H,2-18H2,1H3,(H,26,30)(H2,27,28,34)/t19-,20+/m0/s1. The summed E-state index contributed by atoms with van der Waals surface area (Å²) < 4.78 is 21.4. The van der Waals surface area contributed by atoms with Gasteiger partial charge < -0.3 is 39.7 Å². The molecule has 5 amide bonds. The Morgan fingerprint density at radius 2 is 1.38 bits per heavy atom. The summed E-state index contributed by atoms with van der Waals surface area (Å²) >= 11 is 0. The third-order valence-corrected chi connectivity index (χ3v) is 6.03. The quantitative estimate of drug-likeness (QED) is 0.123. The summed E-state index contributed by atoms with van der Waals surface area (Å²) in [6.45, 7) is 5.14. The molecule has 2 fully saturated rings. The second-order valence-electron chi connectivity index (χ2n) is 9.21. The van der Waals surface area contributed by atoms with E-state index in [1.54, 1.807) is 0 Å². The first-order valence-electron chi connectivity index (χ1n) is 13.6. The number of hydroxylamine groups is 2. The molecule has 0 aromatic carbocycles. The molecule has 0 aromatic rings. The minimum Gasteiger partial charge on any atom is -0.378 e. The number of ether oxygens (including phenoxy) is 4. The Morgan fingerprint density at radius 3 is 1.97 bits per heavy atom. The average Bonchev–Trinajstić information content (AvgIpc) is 3.40. The van der Waals surface area contributed by atoms with Gasteiger partial charge in [-0.3, -0.25) is 14.4 Å². The number of carbonyl (C=O) groups is 5. The van der Waals surface area contributed by atoms with E-state index >= 15 is 0 Å². The predicted molar refractivity (Wildman–Crippen MR) is 136 cm³/mol. The van der Waals surface area contributed by atoms with Crippen molar-refractivity contribution in [1.82, 2.24) is 21.0 Å². The highest BCUT2D eigenvalue weighted by molar-refractivity contribution is 6.01. The van der Waals surface area contributed by atoms with Crippen LogP contribution in [0.2, 0.25) is 0 Å². The summed E-state index contributed by atoms with van der Waals surface area (Å²) in [4.78, 5) is 62.2. The molecule has 0 aromatic heterocycles. The minimum atomic E-state index is -0.704. The number of imide groups is 1. The second-order valence-corrected chi connectivity index (χ2v) is 9.21. The Hall–Kier alpha value is -2.81. The van der Waals surface area contributed by atoms with Crippen LogP contribution in [-0.4, -0.2) is 106 Å². The summed E-state index contributed by atoms with van der Waals surface area (Å²) in [5.74, 6) is -1.72. The number of rotatable bonds is 22. The Kier molecular flexibility index (Phi) is 16.0. The van der Waals surface area contributed by atoms with Crippen molar-refractivity contribution in [2.24, 2.45) is 0 Å². The van der Waals surface area contributed by atoms with Gasteiger partial charge in [-0.1, -0.05) is 12.8 Å². The molecule has 0 bridgehead atoms. The van der Waals surface area contributed by atoms with Crippen molar-refractivity contribution in [3.8, 4) is 0 Å². The first-order chi connectivity index (χ1) is 18.9. The van der Waals surface area contributed by atoms with Gasteiger partial charge >= 0.3 is 12.0 Å². The van der Waals surface area contributed by atoms with Gasteiger partial charge in [0.2, 0.25) is 5.91 Å². The fourth-order valence-corrected chi connectivity index (χ4v) is 3.86. The molecule has 222 valence electrons. The van der Waals surface area contributed by atoms with E-state index in [1.165, 1.54) is 0 Å². The van der Waals surface area contributed by atoms with Crippen LogP contribution < -0.4 is 16.0 Å². The SMILES string of the molecule is C[C@@H]1NC(=O)N[C@@H]1CCCCCC(=O)NCCOCCOCCOCCOCCC(=O)ON1C(=O)CCC1=O. The molecule has 0 spiro atoms. The van der Waals surface area contributed by atoms with Crippen LogP contribution in [-0.2, 0) is 43.0 Å². The van der Waals surface area contributed by atoms with Gasteiger partial charge in [0.25, 0.3) is 11.8 Å². The van der Waals surface area contributed by atoms with E-state index in [0.717, 1.165) is 25.7 Å². The maximum atomic E-state index is 11.9. The Morgan fingerprint density at radius 1 is 0.795 bits per heavy atom. The zero-order chi connectivity index (χ0) is 28.3. The molecule has 2 aliphatic heterocycles. The molecule has 14 heteroatoms. The lowest BCUT2D eigenvalue weighted by Crippen LogP contribution is -2.32. The van der Waals surface area contributed by atoms with Gasteiger partial charge in [0.05, 0.1) is 65.3 Å². The lowest BCUT2D eigenvalue weighted by Gasteiger charge is -2.13. The summed E-state index contributed by atoms with van der Waals surface area (Å²) in [7, 11) is 0. The highest BCUT2D eigenvalue weighted by atomic mass is 16.7. The molecule has 2 rings (SSSR count). The number of hydrogen-bond acceptors (Lipinski definition) is 10. The van der Waals surface area contributed by atoms with Crippen molar-refractivity contribution in [1.29, 1.82) is 0 Å². The lowest BCUT2D eigenvalue weighted by atomic mass is 10.0. The molecule has 2 saturated heterocycles. The Bertz CT molecular complexity index is 781. The van der Waals surface area contributed by atoms with Crippen molar-refractivity contribution >= 4 is 29.7 Å². The summed E-state index contributed by atoms with van der Waals surface area (Å²) in [5, 5.41) is 9.07. The third-order valence-electron chi connectivity index (χ3n) is 6.03. The van der Waals surface area contributed by atoms with Gasteiger partial charge in [-0.15, -0.1) is 5.06 Å². The van der Waals surface area contributed by atoms with Gasteiger partial charge in [0, 0.05) is 31.8 Å². The molecule has 0 saturated carbocycles. The molecule has 0 aliphatic carbocycles. The van der Waals surface area contributed by atoms with Crippen LogP contribution in [0, 0.1) is 0 Å². The normalized spacial score (nSPS) is 18.8. The van der Waals surface area contributed by atoms with Gasteiger partial charge in [0.1, 0.15) is 0 Å². The Labute approximate surface area is 228 Å². The molecular formula is C25H42N4O10. The average molecular weight is 559 g/mol. The number of unbranched alkanes of at least 4 members (excludes halogenated alkanes) is 2. The fourth-order valence-electron chi connectivity index (χ4n) is 3.86. The van der Waals surface area contributed by atoms with Crippen molar-refractivity contribution in [3.05, 3.63) is 0 Å². The first-order valence-corrected chi connectivity index (χ1v) is 13.6. The van der Waals surface area contributed by atoms with Crippen LogP contribution >= 0.6 is 0 Å². The minimum absolute atomic E-state index is 0.00942. The number of nitrogens with zero attached hydrogens (tertiary/aromatic N) is 1. The highest BCUT2D eigenvalue weighted by Crippen LogP contribution is 2.13. The van der Waals surface area contributed by atoms with Gasteiger partial charge in [-0.05, 0) is 19.8 Å². The first kappa shape index (κ1) is 32.4. The number of nitrogens with one attached hydrogen (secondary N) is 3. The van der Waals surface area contributed by atoms with Crippen molar-refractivity contribution in [2.75, 3.05) is 59.4 Å². The molecule has 0 radical (unpaired) electrons. The molecule has 2 atom stereocenters. The largest absolute Gasteiger partial charge is 0.378 e. The highest BCUT2D eigenvalue weighted by Gasteiger charge is 2.32. The van der Waals surface area contributed by atoms with E-state index in [-0.39, 0.29) is 56.5 Å². The number of carbonyl (C=O) groups excluding carboxylic acids is 5. The Balaban J connectivity index is 1.26. The number of amides is 5. The molecule has 0 unspecified atom stereocenters. The van der Waals surface area contributed by atoms with E-state index in [2.05, 4.69) is 16.0 Å². The summed E-state index contributed by atoms with van der Waals surface area (Å²) in [5.41, 5.74) is 0. The van der Waals surface area contributed by atoms with E-state index in [4.69, 9.17) is 23.8 Å². The van der Waals surface area contributed by atoms with Crippen LogP contribution in [0.25, 0.3) is 0 Å². The van der Waals surface area contributed by atoms with Gasteiger partial charge in [-0.2, -0.15) is 0 Å². The summed E-state index contributed by atoms with van der Waals surface area (Å²) in [6, 6.07) is 0.208. The monoisotopic (exact) mass is 558 g/mol. The second kappa shape index (κ2) is 19.3. The van der Waals surface area contributed by atoms with Crippen molar-refractivity contribution < 1.29 is 47.8 Å². The van der Waals surface area contributed by atoms with Crippen molar-refractivity contribution in [2.45, 2.75) is 70.4 Å². The van der Waals surface area contributed by atoms with E-state index in [1.807, 2.05) is 6.92 Å². The van der Waals surface area contributed by atoms with Crippen LogP contribution in [0.3, 0.4) is 0 Å². The molecular weight excluding hydrogens is 516 g/mol. The van der Waals surface area contributed by atoms with E-state index in [0.29, 0.717) is 57.7 Å². The number of urea groups is 1. The maximum absolute atomic E-state index is 11.9. The van der Waals surface area contributed by atoms with E-state index in [9.17, 15) is 24.0 Å². The predicted octanol–water partition coefficient (Wildman–Crippen LogP) is 0.187. The zero-order valence-electron chi connectivity index (χ0n) is 22.7.